The SMILES string of the molecule is CNC(Cc1cc(C)nn1C)C1(N(C)C)CCCC1. The van der Waals surface area contributed by atoms with Crippen molar-refractivity contribution in [3.05, 3.63) is 17.5 Å². The molecule has 1 unspecified atom stereocenters. The number of nitrogens with zero attached hydrogens (tertiary/aromatic N) is 3. The van der Waals surface area contributed by atoms with Crippen molar-refractivity contribution in [1.29, 1.82) is 0 Å². The van der Waals surface area contributed by atoms with Gasteiger partial charge in [-0.25, -0.2) is 0 Å². The van der Waals surface area contributed by atoms with E-state index in [1.165, 1.54) is 31.4 Å². The fourth-order valence-electron chi connectivity index (χ4n) is 3.72. The van der Waals surface area contributed by atoms with Gasteiger partial charge in [-0.15, -0.1) is 0 Å². The summed E-state index contributed by atoms with van der Waals surface area (Å²) in [4.78, 5) is 2.43. The van der Waals surface area contributed by atoms with Crippen LogP contribution in [-0.4, -0.2) is 47.4 Å². The number of likely N-dealkylation sites (N-methyl/N-ethyl adjacent to an activating group) is 2. The Bertz CT molecular complexity index is 416. The van der Waals surface area contributed by atoms with Gasteiger partial charge in [0.25, 0.3) is 0 Å². The average Bonchev–Trinajstić information content (AvgIpc) is 2.94. The van der Waals surface area contributed by atoms with E-state index in [2.05, 4.69) is 49.4 Å². The van der Waals surface area contributed by atoms with E-state index in [1.54, 1.807) is 0 Å². The second-order valence-electron chi connectivity index (χ2n) is 6.15. The maximum Gasteiger partial charge on any atom is 0.0596 e. The van der Waals surface area contributed by atoms with Crippen molar-refractivity contribution in [2.45, 2.75) is 50.6 Å². The van der Waals surface area contributed by atoms with Crippen LogP contribution in [0, 0.1) is 6.92 Å². The molecule has 2 rings (SSSR count). The average molecular weight is 264 g/mol. The number of rotatable bonds is 5. The summed E-state index contributed by atoms with van der Waals surface area (Å²) in [7, 11) is 8.60. The predicted octanol–water partition coefficient (Wildman–Crippen LogP) is 1.73. The lowest BCUT2D eigenvalue weighted by atomic mass is 9.84. The van der Waals surface area contributed by atoms with Gasteiger partial charge in [0.05, 0.1) is 5.69 Å². The van der Waals surface area contributed by atoms with E-state index in [1.807, 2.05) is 11.7 Å². The maximum atomic E-state index is 4.47. The van der Waals surface area contributed by atoms with Gasteiger partial charge in [0.15, 0.2) is 0 Å². The van der Waals surface area contributed by atoms with Crippen molar-refractivity contribution in [1.82, 2.24) is 20.0 Å². The summed E-state index contributed by atoms with van der Waals surface area (Å²) in [6, 6.07) is 2.70. The van der Waals surface area contributed by atoms with Crippen LogP contribution in [0.3, 0.4) is 0 Å². The van der Waals surface area contributed by atoms with Crippen LogP contribution in [-0.2, 0) is 13.5 Å². The Morgan fingerprint density at radius 2 is 2.05 bits per heavy atom. The van der Waals surface area contributed by atoms with Crippen LogP contribution in [0.15, 0.2) is 6.07 Å². The highest BCUT2D eigenvalue weighted by molar-refractivity contribution is 5.14. The third kappa shape index (κ3) is 2.70. The monoisotopic (exact) mass is 264 g/mol. The van der Waals surface area contributed by atoms with Gasteiger partial charge in [-0.1, -0.05) is 12.8 Å². The lowest BCUT2D eigenvalue weighted by Crippen LogP contribution is -2.57. The summed E-state index contributed by atoms with van der Waals surface area (Å²) in [5.41, 5.74) is 2.73. The zero-order valence-electron chi connectivity index (χ0n) is 13.0. The molecule has 0 aliphatic heterocycles. The maximum absolute atomic E-state index is 4.47. The standard InChI is InChI=1S/C15H28N4/c1-12-10-13(19(5)17-12)11-14(16-2)15(18(3)4)8-6-7-9-15/h10,14,16H,6-9,11H2,1-5H3. The molecule has 1 saturated carbocycles. The Labute approximate surface area is 117 Å². The minimum Gasteiger partial charge on any atom is -0.315 e. The molecule has 1 N–H and O–H groups in total. The highest BCUT2D eigenvalue weighted by atomic mass is 15.3. The van der Waals surface area contributed by atoms with Gasteiger partial charge >= 0.3 is 0 Å². The number of aryl methyl sites for hydroxylation is 2. The van der Waals surface area contributed by atoms with Gasteiger partial charge < -0.3 is 10.2 Å². The molecule has 4 heteroatoms. The summed E-state index contributed by atoms with van der Waals surface area (Å²) < 4.78 is 2.03. The van der Waals surface area contributed by atoms with Crippen LogP contribution in [0.1, 0.15) is 37.1 Å². The van der Waals surface area contributed by atoms with Crippen LogP contribution in [0.4, 0.5) is 0 Å². The van der Waals surface area contributed by atoms with Crippen molar-refractivity contribution in [3.8, 4) is 0 Å². The lowest BCUT2D eigenvalue weighted by Gasteiger charge is -2.43. The van der Waals surface area contributed by atoms with Crippen LogP contribution in [0.5, 0.6) is 0 Å². The highest BCUT2D eigenvalue weighted by Crippen LogP contribution is 2.37. The minimum atomic E-state index is 0.299. The first-order valence-corrected chi connectivity index (χ1v) is 7.34. The number of hydrogen-bond donors (Lipinski definition) is 1. The zero-order chi connectivity index (χ0) is 14.0. The molecule has 1 atom stereocenters. The molecular formula is C15H28N4. The quantitative estimate of drug-likeness (QED) is 0.879. The van der Waals surface area contributed by atoms with E-state index in [0.717, 1.165) is 12.1 Å². The topological polar surface area (TPSA) is 33.1 Å². The first-order chi connectivity index (χ1) is 8.99. The van der Waals surface area contributed by atoms with Gasteiger partial charge in [0, 0.05) is 30.7 Å². The fraction of sp³-hybridized carbons (Fsp3) is 0.800. The Morgan fingerprint density at radius 3 is 2.47 bits per heavy atom. The molecule has 0 saturated heterocycles. The Morgan fingerprint density at radius 1 is 1.42 bits per heavy atom. The molecule has 4 nitrogen and oxygen atoms in total. The van der Waals surface area contributed by atoms with Gasteiger partial charge in [0.2, 0.25) is 0 Å². The Balaban J connectivity index is 2.21. The Kier molecular flexibility index (Phi) is 4.31. The molecule has 1 aromatic rings. The van der Waals surface area contributed by atoms with E-state index in [-0.39, 0.29) is 0 Å². The minimum absolute atomic E-state index is 0.299. The van der Waals surface area contributed by atoms with Gasteiger partial charge in [0.1, 0.15) is 0 Å². The summed E-state index contributed by atoms with van der Waals surface area (Å²) in [6.07, 6.45) is 6.33. The van der Waals surface area contributed by atoms with Crippen LogP contribution >= 0.6 is 0 Å². The smallest absolute Gasteiger partial charge is 0.0596 e. The molecule has 0 bridgehead atoms. The predicted molar refractivity (Wildman–Crippen MR) is 79.4 cm³/mol. The molecule has 19 heavy (non-hydrogen) atoms. The van der Waals surface area contributed by atoms with E-state index >= 15 is 0 Å². The van der Waals surface area contributed by atoms with Crippen molar-refractivity contribution >= 4 is 0 Å². The van der Waals surface area contributed by atoms with Crippen LogP contribution in [0.25, 0.3) is 0 Å². The van der Waals surface area contributed by atoms with E-state index in [4.69, 9.17) is 0 Å². The molecule has 0 amide bonds. The molecule has 1 aliphatic rings. The molecule has 1 fully saturated rings. The summed E-state index contributed by atoms with van der Waals surface area (Å²) in [5.74, 6) is 0. The first-order valence-electron chi connectivity index (χ1n) is 7.34. The fourth-order valence-corrected chi connectivity index (χ4v) is 3.72. The second-order valence-corrected chi connectivity index (χ2v) is 6.15. The molecule has 1 heterocycles. The van der Waals surface area contributed by atoms with E-state index in [9.17, 15) is 0 Å². The largest absolute Gasteiger partial charge is 0.315 e. The summed E-state index contributed by atoms with van der Waals surface area (Å²) in [5, 5.41) is 8.04. The molecule has 0 radical (unpaired) electrons. The lowest BCUT2D eigenvalue weighted by molar-refractivity contribution is 0.107. The summed E-state index contributed by atoms with van der Waals surface area (Å²) >= 11 is 0. The normalized spacial score (nSPS) is 20.1. The molecule has 1 aromatic heterocycles. The summed E-state index contributed by atoms with van der Waals surface area (Å²) in [6.45, 7) is 2.06. The van der Waals surface area contributed by atoms with Crippen molar-refractivity contribution < 1.29 is 0 Å². The third-order valence-corrected chi connectivity index (χ3v) is 4.87. The van der Waals surface area contributed by atoms with E-state index in [0.29, 0.717) is 11.6 Å². The molecule has 0 spiro atoms. The van der Waals surface area contributed by atoms with Crippen molar-refractivity contribution in [2.24, 2.45) is 7.05 Å². The van der Waals surface area contributed by atoms with Gasteiger partial charge in [-0.2, -0.15) is 5.10 Å². The van der Waals surface area contributed by atoms with Gasteiger partial charge in [-0.3, -0.25) is 4.68 Å². The third-order valence-electron chi connectivity index (χ3n) is 4.87. The number of hydrogen-bond acceptors (Lipinski definition) is 3. The number of nitrogens with one attached hydrogen (secondary N) is 1. The second kappa shape index (κ2) is 5.63. The number of aromatic nitrogens is 2. The highest BCUT2D eigenvalue weighted by Gasteiger charge is 2.42. The molecule has 0 aromatic carbocycles. The van der Waals surface area contributed by atoms with Crippen LogP contribution < -0.4 is 5.32 Å². The Hall–Kier alpha value is -0.870. The van der Waals surface area contributed by atoms with Crippen molar-refractivity contribution in [2.75, 3.05) is 21.1 Å². The van der Waals surface area contributed by atoms with E-state index < -0.39 is 0 Å². The molecule has 108 valence electrons. The molecule has 1 aliphatic carbocycles. The zero-order valence-corrected chi connectivity index (χ0v) is 13.0. The van der Waals surface area contributed by atoms with Gasteiger partial charge in [-0.05, 0) is 47.0 Å². The first kappa shape index (κ1) is 14.5. The van der Waals surface area contributed by atoms with Crippen LogP contribution in [0.2, 0.25) is 0 Å². The van der Waals surface area contributed by atoms with Crippen molar-refractivity contribution in [3.63, 3.8) is 0 Å². The molecular weight excluding hydrogens is 236 g/mol.